The highest BCUT2D eigenvalue weighted by atomic mass is 19.4. The fourth-order valence-corrected chi connectivity index (χ4v) is 1.58. The van der Waals surface area contributed by atoms with Crippen molar-refractivity contribution in [1.82, 2.24) is 5.32 Å². The third kappa shape index (κ3) is 4.87. The standard InChI is InChI=1S/C14H14F3NO2/c1-10(20)18-7-3-2-4-11-5-6-12(9-19)13(8-11)14(15,16)17/h2,4-6,8-9H,3,7H2,1H3,(H,18,20). The molecule has 0 aliphatic carbocycles. The molecule has 1 N–H and O–H groups in total. The van der Waals surface area contributed by atoms with Crippen molar-refractivity contribution in [3.05, 3.63) is 41.0 Å². The van der Waals surface area contributed by atoms with Crippen LogP contribution < -0.4 is 5.32 Å². The third-order valence-corrected chi connectivity index (χ3v) is 2.50. The van der Waals surface area contributed by atoms with Crippen LogP contribution in [0, 0.1) is 0 Å². The monoisotopic (exact) mass is 285 g/mol. The molecule has 0 spiro atoms. The number of nitrogens with one attached hydrogen (secondary N) is 1. The fourth-order valence-electron chi connectivity index (χ4n) is 1.58. The molecule has 1 aromatic carbocycles. The predicted octanol–water partition coefficient (Wildman–Crippen LogP) is 3.06. The van der Waals surface area contributed by atoms with Crippen molar-refractivity contribution in [1.29, 1.82) is 0 Å². The van der Waals surface area contributed by atoms with Gasteiger partial charge in [0.15, 0.2) is 6.29 Å². The van der Waals surface area contributed by atoms with E-state index < -0.39 is 11.7 Å². The highest BCUT2D eigenvalue weighted by molar-refractivity contribution is 5.78. The van der Waals surface area contributed by atoms with Crippen molar-refractivity contribution in [2.45, 2.75) is 19.5 Å². The van der Waals surface area contributed by atoms with E-state index in [0.29, 0.717) is 18.5 Å². The molecule has 1 amide bonds. The zero-order chi connectivity index (χ0) is 15.2. The van der Waals surface area contributed by atoms with Crippen LogP contribution in [0.4, 0.5) is 13.2 Å². The number of amides is 1. The van der Waals surface area contributed by atoms with Gasteiger partial charge in [-0.3, -0.25) is 9.59 Å². The lowest BCUT2D eigenvalue weighted by molar-refractivity contribution is -0.137. The summed E-state index contributed by atoms with van der Waals surface area (Å²) in [5, 5.41) is 2.57. The number of benzene rings is 1. The van der Waals surface area contributed by atoms with Gasteiger partial charge in [0.05, 0.1) is 5.56 Å². The Kier molecular flexibility index (Phi) is 5.49. The summed E-state index contributed by atoms with van der Waals surface area (Å²) in [5.41, 5.74) is -0.977. The van der Waals surface area contributed by atoms with Crippen LogP contribution in [0.25, 0.3) is 6.08 Å². The SMILES string of the molecule is CC(=O)NCCC=Cc1ccc(C=O)c(C(F)(F)F)c1. The molecule has 20 heavy (non-hydrogen) atoms. The first kappa shape index (κ1) is 15.9. The number of rotatable bonds is 5. The molecular formula is C14H14F3NO2. The largest absolute Gasteiger partial charge is 0.417 e. The summed E-state index contributed by atoms with van der Waals surface area (Å²) in [6.07, 6.45) is -0.683. The van der Waals surface area contributed by atoms with Gasteiger partial charge in [-0.15, -0.1) is 0 Å². The predicted molar refractivity (Wildman–Crippen MR) is 69.2 cm³/mol. The van der Waals surface area contributed by atoms with E-state index >= 15 is 0 Å². The Balaban J connectivity index is 2.79. The molecule has 0 atom stereocenters. The lowest BCUT2D eigenvalue weighted by atomic mass is 10.0. The Labute approximate surface area is 114 Å². The van der Waals surface area contributed by atoms with Gasteiger partial charge < -0.3 is 5.32 Å². The van der Waals surface area contributed by atoms with Gasteiger partial charge in [0.1, 0.15) is 0 Å². The molecule has 6 heteroatoms. The number of aldehydes is 1. The van der Waals surface area contributed by atoms with E-state index in [2.05, 4.69) is 5.32 Å². The van der Waals surface area contributed by atoms with Crippen LogP contribution >= 0.6 is 0 Å². The Hall–Kier alpha value is -2.11. The third-order valence-electron chi connectivity index (χ3n) is 2.50. The van der Waals surface area contributed by atoms with E-state index in [9.17, 15) is 22.8 Å². The molecule has 0 aromatic heterocycles. The minimum atomic E-state index is -4.56. The molecule has 0 fully saturated rings. The summed E-state index contributed by atoms with van der Waals surface area (Å²) < 4.78 is 38.2. The first-order valence-corrected chi connectivity index (χ1v) is 5.92. The Morgan fingerprint density at radius 2 is 2.05 bits per heavy atom. The van der Waals surface area contributed by atoms with Crippen LogP contribution in [0.5, 0.6) is 0 Å². The molecule has 0 unspecified atom stereocenters. The van der Waals surface area contributed by atoms with Gasteiger partial charge in [-0.1, -0.05) is 24.3 Å². The molecule has 3 nitrogen and oxygen atoms in total. The summed E-state index contributed by atoms with van der Waals surface area (Å²) in [6.45, 7) is 1.81. The molecule has 0 saturated heterocycles. The maximum Gasteiger partial charge on any atom is 0.417 e. The average molecular weight is 285 g/mol. The summed E-state index contributed by atoms with van der Waals surface area (Å²) in [5.74, 6) is -0.159. The van der Waals surface area contributed by atoms with Crippen molar-refractivity contribution in [2.24, 2.45) is 0 Å². The number of carbonyl (C=O) groups excluding carboxylic acids is 2. The number of carbonyl (C=O) groups is 2. The molecule has 0 aliphatic heterocycles. The minimum Gasteiger partial charge on any atom is -0.356 e. The van der Waals surface area contributed by atoms with Gasteiger partial charge in [-0.2, -0.15) is 13.2 Å². The van der Waals surface area contributed by atoms with E-state index in [1.807, 2.05) is 0 Å². The average Bonchev–Trinajstić information content (AvgIpc) is 2.36. The maximum atomic E-state index is 12.7. The number of hydrogen-bond acceptors (Lipinski definition) is 2. The number of hydrogen-bond donors (Lipinski definition) is 1. The van der Waals surface area contributed by atoms with Gasteiger partial charge >= 0.3 is 6.18 Å². The normalized spacial score (nSPS) is 11.6. The summed E-state index contributed by atoms with van der Waals surface area (Å²) >= 11 is 0. The fraction of sp³-hybridized carbons (Fsp3) is 0.286. The molecule has 0 saturated carbocycles. The first-order chi connectivity index (χ1) is 9.34. The molecule has 0 aliphatic rings. The second-order valence-electron chi connectivity index (χ2n) is 4.14. The van der Waals surface area contributed by atoms with Crippen LogP contribution in [-0.4, -0.2) is 18.7 Å². The molecule has 0 radical (unpaired) electrons. The Morgan fingerprint density at radius 3 is 2.60 bits per heavy atom. The van der Waals surface area contributed by atoms with Gasteiger partial charge in [0, 0.05) is 19.0 Å². The molecule has 1 rings (SSSR count). The van der Waals surface area contributed by atoms with Crippen LogP contribution in [0.15, 0.2) is 24.3 Å². The first-order valence-electron chi connectivity index (χ1n) is 5.92. The van der Waals surface area contributed by atoms with Crippen molar-refractivity contribution in [3.63, 3.8) is 0 Å². The van der Waals surface area contributed by atoms with E-state index in [0.717, 1.165) is 12.1 Å². The van der Waals surface area contributed by atoms with Gasteiger partial charge in [0.2, 0.25) is 5.91 Å². The molecule has 108 valence electrons. The lowest BCUT2D eigenvalue weighted by Gasteiger charge is -2.10. The minimum absolute atomic E-state index is 0.159. The summed E-state index contributed by atoms with van der Waals surface area (Å²) in [7, 11) is 0. The van der Waals surface area contributed by atoms with Crippen LogP contribution in [0.2, 0.25) is 0 Å². The Bertz CT molecular complexity index is 522. The van der Waals surface area contributed by atoms with Crippen LogP contribution in [0.1, 0.15) is 34.8 Å². The van der Waals surface area contributed by atoms with Crippen molar-refractivity contribution >= 4 is 18.3 Å². The highest BCUT2D eigenvalue weighted by Gasteiger charge is 2.33. The van der Waals surface area contributed by atoms with Crippen LogP contribution in [0.3, 0.4) is 0 Å². The Morgan fingerprint density at radius 1 is 1.35 bits per heavy atom. The quantitative estimate of drug-likeness (QED) is 0.667. The number of alkyl halides is 3. The van der Waals surface area contributed by atoms with Crippen LogP contribution in [-0.2, 0) is 11.0 Å². The highest BCUT2D eigenvalue weighted by Crippen LogP contribution is 2.32. The topological polar surface area (TPSA) is 46.2 Å². The zero-order valence-corrected chi connectivity index (χ0v) is 10.8. The van der Waals surface area contributed by atoms with Gasteiger partial charge in [-0.05, 0) is 18.1 Å². The smallest absolute Gasteiger partial charge is 0.356 e. The summed E-state index contributed by atoms with van der Waals surface area (Å²) in [4.78, 5) is 21.2. The van der Waals surface area contributed by atoms with E-state index in [1.165, 1.54) is 19.1 Å². The molecule has 1 aromatic rings. The molecule has 0 bridgehead atoms. The van der Waals surface area contributed by atoms with Crippen molar-refractivity contribution < 1.29 is 22.8 Å². The second kappa shape index (κ2) is 6.88. The molecule has 0 heterocycles. The van der Waals surface area contributed by atoms with Crippen molar-refractivity contribution in [2.75, 3.05) is 6.54 Å². The molecular weight excluding hydrogens is 271 g/mol. The van der Waals surface area contributed by atoms with E-state index in [4.69, 9.17) is 0 Å². The van der Waals surface area contributed by atoms with E-state index in [1.54, 1.807) is 6.08 Å². The van der Waals surface area contributed by atoms with E-state index in [-0.39, 0.29) is 17.8 Å². The zero-order valence-electron chi connectivity index (χ0n) is 10.8. The second-order valence-corrected chi connectivity index (χ2v) is 4.14. The van der Waals surface area contributed by atoms with Crippen molar-refractivity contribution in [3.8, 4) is 0 Å². The van der Waals surface area contributed by atoms with Gasteiger partial charge in [-0.25, -0.2) is 0 Å². The maximum absolute atomic E-state index is 12.7. The summed E-state index contributed by atoms with van der Waals surface area (Å²) in [6, 6.07) is 3.51. The number of halogens is 3. The lowest BCUT2D eigenvalue weighted by Crippen LogP contribution is -2.20. The van der Waals surface area contributed by atoms with Gasteiger partial charge in [0.25, 0.3) is 0 Å².